The number of carbonyl (C=O) groups is 1. The predicted molar refractivity (Wildman–Crippen MR) is 72.9 cm³/mol. The number of ether oxygens (including phenoxy) is 3. The lowest BCUT2D eigenvalue weighted by Gasteiger charge is -2.13. The third-order valence-electron chi connectivity index (χ3n) is 3.63. The maximum Gasteiger partial charge on any atom is 0.309 e. The van der Waals surface area contributed by atoms with Crippen LogP contribution in [0.2, 0.25) is 0 Å². The number of benzene rings is 1. The first-order chi connectivity index (χ1) is 9.62. The Morgan fingerprint density at radius 3 is 2.65 bits per heavy atom. The summed E-state index contributed by atoms with van der Waals surface area (Å²) in [5.41, 5.74) is 2.65. The number of methoxy groups -OCH3 is 2. The van der Waals surface area contributed by atoms with Crippen LogP contribution in [0, 0.1) is 5.92 Å². The van der Waals surface area contributed by atoms with Crippen LogP contribution in [0.1, 0.15) is 23.6 Å². The molecule has 0 amide bonds. The Morgan fingerprint density at radius 2 is 2.05 bits per heavy atom. The molecule has 1 atom stereocenters. The summed E-state index contributed by atoms with van der Waals surface area (Å²) >= 11 is 0. The molecule has 1 aliphatic rings. The molecule has 0 saturated carbocycles. The molecule has 0 aliphatic heterocycles. The Labute approximate surface area is 118 Å². The monoisotopic (exact) mass is 280 g/mol. The first kappa shape index (κ1) is 14.7. The largest absolute Gasteiger partial charge is 0.507 e. The molecular formula is C15H20O5. The van der Waals surface area contributed by atoms with Crippen LogP contribution in [0.4, 0.5) is 0 Å². The average molecular weight is 280 g/mol. The molecule has 20 heavy (non-hydrogen) atoms. The molecule has 0 heterocycles. The molecular weight excluding hydrogens is 260 g/mol. The maximum atomic E-state index is 11.9. The van der Waals surface area contributed by atoms with E-state index in [1.165, 1.54) is 0 Å². The highest BCUT2D eigenvalue weighted by molar-refractivity contribution is 5.75. The standard InChI is InChI=1S/C15H20O5/c1-4-20-15(17)9-5-10-11(6-9)14(19-3)7-13(16)12(10)8-18-2/h7,9,16H,4-6,8H2,1-3H3. The zero-order valence-electron chi connectivity index (χ0n) is 12.1. The summed E-state index contributed by atoms with van der Waals surface area (Å²) in [5, 5.41) is 10.1. The lowest BCUT2D eigenvalue weighted by Crippen LogP contribution is -2.18. The molecule has 5 heteroatoms. The Hall–Kier alpha value is -1.75. The van der Waals surface area contributed by atoms with Gasteiger partial charge in [-0.2, -0.15) is 0 Å². The second-order valence-corrected chi connectivity index (χ2v) is 4.82. The van der Waals surface area contributed by atoms with E-state index in [9.17, 15) is 9.90 Å². The molecule has 1 aliphatic carbocycles. The fraction of sp³-hybridized carbons (Fsp3) is 0.533. The van der Waals surface area contributed by atoms with Gasteiger partial charge in [0.25, 0.3) is 0 Å². The van der Waals surface area contributed by atoms with Crippen LogP contribution in [0.5, 0.6) is 11.5 Å². The van der Waals surface area contributed by atoms with Crippen molar-refractivity contribution in [3.8, 4) is 11.5 Å². The van der Waals surface area contributed by atoms with Crippen LogP contribution >= 0.6 is 0 Å². The third-order valence-corrected chi connectivity index (χ3v) is 3.63. The maximum absolute atomic E-state index is 11.9. The Balaban J connectivity index is 2.37. The summed E-state index contributed by atoms with van der Waals surface area (Å²) in [4.78, 5) is 11.9. The summed E-state index contributed by atoms with van der Waals surface area (Å²) in [5.74, 6) is 0.348. The van der Waals surface area contributed by atoms with Crippen molar-refractivity contribution < 1.29 is 24.1 Å². The summed E-state index contributed by atoms with van der Waals surface area (Å²) < 4.78 is 15.5. The van der Waals surface area contributed by atoms with E-state index >= 15 is 0 Å². The van der Waals surface area contributed by atoms with Crippen LogP contribution in [0.3, 0.4) is 0 Å². The number of esters is 1. The number of hydrogen-bond donors (Lipinski definition) is 1. The smallest absolute Gasteiger partial charge is 0.309 e. The SMILES string of the molecule is CCOC(=O)C1Cc2c(OC)cc(O)c(COC)c2C1. The van der Waals surface area contributed by atoms with Crippen molar-refractivity contribution in [3.05, 3.63) is 22.8 Å². The van der Waals surface area contributed by atoms with Crippen molar-refractivity contribution in [2.24, 2.45) is 5.92 Å². The molecule has 0 radical (unpaired) electrons. The van der Waals surface area contributed by atoms with E-state index < -0.39 is 0 Å². The Bertz CT molecular complexity index is 509. The van der Waals surface area contributed by atoms with Gasteiger partial charge in [0, 0.05) is 18.7 Å². The van der Waals surface area contributed by atoms with Crippen molar-refractivity contribution in [2.75, 3.05) is 20.8 Å². The first-order valence-corrected chi connectivity index (χ1v) is 6.68. The quantitative estimate of drug-likeness (QED) is 0.834. The first-order valence-electron chi connectivity index (χ1n) is 6.68. The zero-order valence-corrected chi connectivity index (χ0v) is 12.1. The summed E-state index contributed by atoms with van der Waals surface area (Å²) in [7, 11) is 3.14. The van der Waals surface area contributed by atoms with Gasteiger partial charge in [0.2, 0.25) is 0 Å². The highest BCUT2D eigenvalue weighted by Gasteiger charge is 2.33. The summed E-state index contributed by atoms with van der Waals surface area (Å²) in [6.45, 7) is 2.48. The molecule has 1 N–H and O–H groups in total. The zero-order chi connectivity index (χ0) is 14.7. The van der Waals surface area contributed by atoms with Crippen LogP contribution in [-0.4, -0.2) is 31.9 Å². The molecule has 0 bridgehead atoms. The van der Waals surface area contributed by atoms with E-state index in [1.54, 1.807) is 27.2 Å². The molecule has 0 aromatic heterocycles. The number of carbonyl (C=O) groups excluding carboxylic acids is 1. The van der Waals surface area contributed by atoms with E-state index in [1.807, 2.05) is 0 Å². The van der Waals surface area contributed by atoms with Crippen LogP contribution in [-0.2, 0) is 33.7 Å². The lowest BCUT2D eigenvalue weighted by molar-refractivity contribution is -0.147. The molecule has 5 nitrogen and oxygen atoms in total. The normalized spacial score (nSPS) is 16.9. The van der Waals surface area contributed by atoms with Crippen LogP contribution < -0.4 is 4.74 Å². The van der Waals surface area contributed by atoms with Crippen LogP contribution in [0.25, 0.3) is 0 Å². The number of aromatic hydroxyl groups is 1. The van der Waals surface area contributed by atoms with Gasteiger partial charge < -0.3 is 19.3 Å². The highest BCUT2D eigenvalue weighted by atomic mass is 16.5. The lowest BCUT2D eigenvalue weighted by atomic mass is 10.0. The minimum absolute atomic E-state index is 0.145. The molecule has 1 unspecified atom stereocenters. The van der Waals surface area contributed by atoms with Crippen molar-refractivity contribution in [2.45, 2.75) is 26.4 Å². The van der Waals surface area contributed by atoms with Crippen molar-refractivity contribution in [1.82, 2.24) is 0 Å². The van der Waals surface area contributed by atoms with E-state index in [0.717, 1.165) is 16.7 Å². The molecule has 2 rings (SSSR count). The van der Waals surface area contributed by atoms with Crippen molar-refractivity contribution >= 4 is 5.97 Å². The summed E-state index contributed by atoms with van der Waals surface area (Å²) in [6, 6.07) is 1.58. The second kappa shape index (κ2) is 6.13. The third kappa shape index (κ3) is 2.58. The Morgan fingerprint density at radius 1 is 1.35 bits per heavy atom. The number of hydrogen-bond acceptors (Lipinski definition) is 5. The van der Waals surface area contributed by atoms with E-state index in [2.05, 4.69) is 0 Å². The van der Waals surface area contributed by atoms with Gasteiger partial charge >= 0.3 is 5.97 Å². The number of phenols is 1. The topological polar surface area (TPSA) is 65.0 Å². The predicted octanol–water partition coefficient (Wildman–Crippen LogP) is 1.83. The van der Waals surface area contributed by atoms with Gasteiger partial charge in [-0.1, -0.05) is 0 Å². The molecule has 0 fully saturated rings. The van der Waals surface area contributed by atoms with Crippen LogP contribution in [0.15, 0.2) is 6.07 Å². The molecule has 0 spiro atoms. The molecule has 110 valence electrons. The van der Waals surface area contributed by atoms with Gasteiger partial charge in [0.1, 0.15) is 11.5 Å². The van der Waals surface area contributed by atoms with Gasteiger partial charge in [-0.15, -0.1) is 0 Å². The van der Waals surface area contributed by atoms with E-state index in [4.69, 9.17) is 14.2 Å². The average Bonchev–Trinajstić information content (AvgIpc) is 2.87. The Kier molecular flexibility index (Phi) is 4.49. The van der Waals surface area contributed by atoms with Gasteiger partial charge in [-0.25, -0.2) is 0 Å². The fourth-order valence-corrected chi connectivity index (χ4v) is 2.73. The van der Waals surface area contributed by atoms with Gasteiger partial charge in [0.15, 0.2) is 0 Å². The molecule has 0 saturated heterocycles. The molecule has 1 aromatic rings. The fourth-order valence-electron chi connectivity index (χ4n) is 2.73. The van der Waals surface area contributed by atoms with E-state index in [-0.39, 0.29) is 17.6 Å². The van der Waals surface area contributed by atoms with Crippen molar-refractivity contribution in [3.63, 3.8) is 0 Å². The minimum atomic E-state index is -0.212. The number of phenolic OH excluding ortho intramolecular Hbond substituents is 1. The summed E-state index contributed by atoms with van der Waals surface area (Å²) in [6.07, 6.45) is 1.13. The highest BCUT2D eigenvalue weighted by Crippen LogP contribution is 2.41. The number of rotatable bonds is 5. The second-order valence-electron chi connectivity index (χ2n) is 4.82. The minimum Gasteiger partial charge on any atom is -0.507 e. The van der Waals surface area contributed by atoms with E-state index in [0.29, 0.717) is 31.8 Å². The van der Waals surface area contributed by atoms with Gasteiger partial charge in [0.05, 0.1) is 26.2 Å². The van der Waals surface area contributed by atoms with Crippen molar-refractivity contribution in [1.29, 1.82) is 0 Å². The van der Waals surface area contributed by atoms with Gasteiger partial charge in [-0.3, -0.25) is 4.79 Å². The van der Waals surface area contributed by atoms with Gasteiger partial charge in [-0.05, 0) is 30.9 Å². The number of fused-ring (bicyclic) bond motifs is 1. The molecule has 1 aromatic carbocycles.